The molecule has 1 rings (SSSR count). The van der Waals surface area contributed by atoms with E-state index in [1.807, 2.05) is 0 Å². The fraction of sp³-hybridized carbons (Fsp3) is 0.571. The summed E-state index contributed by atoms with van der Waals surface area (Å²) in [4.78, 5) is 12.0. The van der Waals surface area contributed by atoms with Crippen molar-refractivity contribution in [2.24, 2.45) is 5.73 Å². The zero-order valence-electron chi connectivity index (χ0n) is 17.0. The van der Waals surface area contributed by atoms with Crippen LogP contribution in [0, 0.1) is 0 Å². The summed E-state index contributed by atoms with van der Waals surface area (Å²) in [6.45, 7) is 14.9. The predicted molar refractivity (Wildman–Crippen MR) is 105 cm³/mol. The van der Waals surface area contributed by atoms with Crippen molar-refractivity contribution in [1.29, 1.82) is 0 Å². The smallest absolute Gasteiger partial charge is 0.225 e. The summed E-state index contributed by atoms with van der Waals surface area (Å²) in [7, 11) is 1.73. The molecule has 0 radical (unpaired) electrons. The van der Waals surface area contributed by atoms with Crippen LogP contribution in [-0.2, 0) is 22.0 Å². The molecular weight excluding hydrogens is 312 g/mol. The molecule has 0 aliphatic carbocycles. The van der Waals surface area contributed by atoms with Crippen LogP contribution in [0.25, 0.3) is 0 Å². The monoisotopic (exact) mass is 346 g/mol. The number of aryl methyl sites for hydroxylation is 1. The molecule has 0 unspecified atom stereocenters. The zero-order chi connectivity index (χ0) is 19.4. The number of nitrogens with one attached hydrogen (secondary N) is 1. The molecule has 1 aromatic rings. The number of carbonyl (C=O) groups is 1. The third kappa shape index (κ3) is 5.80. The minimum atomic E-state index is -0.0685. The third-order valence-corrected chi connectivity index (χ3v) is 4.20. The van der Waals surface area contributed by atoms with Gasteiger partial charge in [-0.05, 0) is 35.8 Å². The first-order chi connectivity index (χ1) is 11.4. The Hall–Kier alpha value is -1.97. The van der Waals surface area contributed by atoms with Crippen LogP contribution in [0.4, 0.5) is 0 Å². The van der Waals surface area contributed by atoms with Gasteiger partial charge in [0, 0.05) is 17.5 Å². The Labute approximate surface area is 152 Å². The molecule has 4 nitrogen and oxygen atoms in total. The molecule has 0 aliphatic rings. The molecule has 0 heterocycles. The van der Waals surface area contributed by atoms with E-state index in [1.54, 1.807) is 20.1 Å². The van der Waals surface area contributed by atoms with E-state index < -0.39 is 0 Å². The van der Waals surface area contributed by atoms with Crippen molar-refractivity contribution in [2.75, 3.05) is 7.11 Å². The molecular formula is C21H34N2O2. The number of amides is 1. The molecule has 1 amide bonds. The second-order valence-corrected chi connectivity index (χ2v) is 8.52. The standard InChI is InChI=1S/C21H34N2O2/c1-9-17(22)23-18(24)11-10-14-12-15(20(2,3)4)19(25-8)16(13-14)21(5,6)7/h9,12-13H,10-11,22H2,1-8H3,(H,23,24). The van der Waals surface area contributed by atoms with Gasteiger partial charge >= 0.3 is 0 Å². The van der Waals surface area contributed by atoms with Gasteiger partial charge in [-0.25, -0.2) is 0 Å². The molecule has 0 aliphatic heterocycles. The Morgan fingerprint density at radius 3 is 1.96 bits per heavy atom. The summed E-state index contributed by atoms with van der Waals surface area (Å²) in [6, 6.07) is 4.33. The first kappa shape index (κ1) is 21.1. The van der Waals surface area contributed by atoms with Crippen LogP contribution in [0.2, 0.25) is 0 Å². The first-order valence-electron chi connectivity index (χ1n) is 8.83. The topological polar surface area (TPSA) is 64.3 Å². The summed E-state index contributed by atoms with van der Waals surface area (Å²) in [5.41, 5.74) is 9.06. The van der Waals surface area contributed by atoms with E-state index in [9.17, 15) is 4.79 Å². The average Bonchev–Trinajstić information content (AvgIpc) is 2.50. The largest absolute Gasteiger partial charge is 0.496 e. The van der Waals surface area contributed by atoms with Crippen molar-refractivity contribution in [3.8, 4) is 5.75 Å². The Bertz CT molecular complexity index is 612. The molecule has 0 fully saturated rings. The highest BCUT2D eigenvalue weighted by molar-refractivity contribution is 5.77. The first-order valence-corrected chi connectivity index (χ1v) is 8.83. The van der Waals surface area contributed by atoms with Gasteiger partial charge in [-0.1, -0.05) is 53.7 Å². The summed E-state index contributed by atoms with van der Waals surface area (Å²) < 4.78 is 5.77. The number of allylic oxidation sites excluding steroid dienone is 1. The van der Waals surface area contributed by atoms with Crippen LogP contribution in [0.5, 0.6) is 5.75 Å². The lowest BCUT2D eigenvalue weighted by atomic mass is 9.78. The van der Waals surface area contributed by atoms with Crippen LogP contribution in [0.1, 0.15) is 71.6 Å². The van der Waals surface area contributed by atoms with Gasteiger partial charge in [0.05, 0.1) is 12.9 Å². The van der Waals surface area contributed by atoms with Gasteiger partial charge in [-0.15, -0.1) is 0 Å². The van der Waals surface area contributed by atoms with Crippen LogP contribution < -0.4 is 15.8 Å². The summed E-state index contributed by atoms with van der Waals surface area (Å²) in [5.74, 6) is 1.28. The SMILES string of the molecule is CC=C(N)NC(=O)CCc1cc(C(C)(C)C)c(OC)c(C(C)(C)C)c1. The minimum Gasteiger partial charge on any atom is -0.496 e. The normalized spacial score (nSPS) is 12.9. The number of hydrogen-bond donors (Lipinski definition) is 2. The van der Waals surface area contributed by atoms with E-state index in [-0.39, 0.29) is 16.7 Å². The number of benzene rings is 1. The number of carbonyl (C=O) groups excluding carboxylic acids is 1. The van der Waals surface area contributed by atoms with Crippen LogP contribution in [-0.4, -0.2) is 13.0 Å². The van der Waals surface area contributed by atoms with Gasteiger partial charge in [0.1, 0.15) is 5.75 Å². The average molecular weight is 347 g/mol. The predicted octanol–water partition coefficient (Wildman–Crippen LogP) is 4.16. The fourth-order valence-corrected chi connectivity index (χ4v) is 2.72. The quantitative estimate of drug-likeness (QED) is 0.841. The molecule has 4 heteroatoms. The van der Waals surface area contributed by atoms with Crippen molar-refractivity contribution in [3.63, 3.8) is 0 Å². The van der Waals surface area contributed by atoms with Gasteiger partial charge in [-0.3, -0.25) is 4.79 Å². The van der Waals surface area contributed by atoms with Gasteiger partial charge in [0.15, 0.2) is 0 Å². The summed E-state index contributed by atoms with van der Waals surface area (Å²) in [5, 5.41) is 2.69. The number of rotatable bonds is 5. The van der Waals surface area contributed by atoms with E-state index in [4.69, 9.17) is 10.5 Å². The summed E-state index contributed by atoms with van der Waals surface area (Å²) >= 11 is 0. The number of methoxy groups -OCH3 is 1. The Kier molecular flexibility index (Phi) is 6.69. The van der Waals surface area contributed by atoms with Gasteiger partial charge < -0.3 is 15.8 Å². The molecule has 0 saturated carbocycles. The highest BCUT2D eigenvalue weighted by Crippen LogP contribution is 2.40. The molecule has 0 saturated heterocycles. The molecule has 3 N–H and O–H groups in total. The van der Waals surface area contributed by atoms with Gasteiger partial charge in [0.2, 0.25) is 5.91 Å². The molecule has 25 heavy (non-hydrogen) atoms. The Morgan fingerprint density at radius 1 is 1.12 bits per heavy atom. The second-order valence-electron chi connectivity index (χ2n) is 8.52. The maximum atomic E-state index is 12.0. The van der Waals surface area contributed by atoms with E-state index in [0.717, 1.165) is 11.3 Å². The van der Waals surface area contributed by atoms with Crippen molar-refractivity contribution in [2.45, 2.75) is 72.1 Å². The zero-order valence-corrected chi connectivity index (χ0v) is 17.0. The maximum absolute atomic E-state index is 12.0. The Balaban J connectivity index is 3.23. The molecule has 0 aromatic heterocycles. The van der Waals surface area contributed by atoms with Crippen molar-refractivity contribution in [3.05, 3.63) is 40.7 Å². The van der Waals surface area contributed by atoms with Crippen molar-refractivity contribution >= 4 is 5.91 Å². The van der Waals surface area contributed by atoms with Crippen LogP contribution >= 0.6 is 0 Å². The molecule has 0 atom stereocenters. The fourth-order valence-electron chi connectivity index (χ4n) is 2.72. The van der Waals surface area contributed by atoms with Crippen LogP contribution in [0.3, 0.4) is 0 Å². The van der Waals surface area contributed by atoms with E-state index in [1.165, 1.54) is 11.1 Å². The van der Waals surface area contributed by atoms with Crippen LogP contribution in [0.15, 0.2) is 24.0 Å². The van der Waals surface area contributed by atoms with E-state index in [2.05, 4.69) is 59.0 Å². The lowest BCUT2D eigenvalue weighted by Gasteiger charge is -2.30. The van der Waals surface area contributed by atoms with Crippen molar-refractivity contribution < 1.29 is 9.53 Å². The molecule has 140 valence electrons. The third-order valence-electron chi connectivity index (χ3n) is 4.20. The molecule has 1 aromatic carbocycles. The second kappa shape index (κ2) is 7.94. The van der Waals surface area contributed by atoms with E-state index >= 15 is 0 Å². The Morgan fingerprint density at radius 2 is 1.60 bits per heavy atom. The van der Waals surface area contributed by atoms with Crippen molar-refractivity contribution in [1.82, 2.24) is 5.32 Å². The molecule has 0 spiro atoms. The highest BCUT2D eigenvalue weighted by atomic mass is 16.5. The number of ether oxygens (including phenoxy) is 1. The lowest BCUT2D eigenvalue weighted by Crippen LogP contribution is -2.27. The number of hydrogen-bond acceptors (Lipinski definition) is 3. The van der Waals surface area contributed by atoms with E-state index in [0.29, 0.717) is 18.7 Å². The maximum Gasteiger partial charge on any atom is 0.225 e. The summed E-state index contributed by atoms with van der Waals surface area (Å²) in [6.07, 6.45) is 2.74. The van der Waals surface area contributed by atoms with Gasteiger partial charge in [-0.2, -0.15) is 0 Å². The highest BCUT2D eigenvalue weighted by Gasteiger charge is 2.27. The minimum absolute atomic E-state index is 0.0427. The number of nitrogens with two attached hydrogens (primary N) is 1. The van der Waals surface area contributed by atoms with Gasteiger partial charge in [0.25, 0.3) is 0 Å². The molecule has 0 bridgehead atoms. The lowest BCUT2D eigenvalue weighted by molar-refractivity contribution is -0.120.